The van der Waals surface area contributed by atoms with Crippen LogP contribution in [-0.4, -0.2) is 17.0 Å². The summed E-state index contributed by atoms with van der Waals surface area (Å²) in [5, 5.41) is 3.60. The van der Waals surface area contributed by atoms with E-state index in [1.54, 1.807) is 31.2 Å². The van der Waals surface area contributed by atoms with Crippen LogP contribution >= 0.6 is 11.6 Å². The summed E-state index contributed by atoms with van der Waals surface area (Å²) >= 11 is 6.07. The molecule has 1 N–H and O–H groups in total. The van der Waals surface area contributed by atoms with Crippen molar-refractivity contribution in [2.75, 3.05) is 6.54 Å². The number of carbonyl (C=O) groups is 1. The third-order valence-electron chi connectivity index (χ3n) is 4.60. The molecule has 0 saturated carbocycles. The Balaban J connectivity index is 1.77. The van der Waals surface area contributed by atoms with Crippen molar-refractivity contribution in [1.29, 1.82) is 0 Å². The van der Waals surface area contributed by atoms with E-state index in [0.717, 1.165) is 5.56 Å². The van der Waals surface area contributed by atoms with Gasteiger partial charge in [0.15, 0.2) is 5.58 Å². The highest BCUT2D eigenvalue weighted by Crippen LogP contribution is 2.25. The van der Waals surface area contributed by atoms with Crippen LogP contribution in [0.4, 0.5) is 0 Å². The van der Waals surface area contributed by atoms with Crippen molar-refractivity contribution in [3.63, 3.8) is 0 Å². The van der Waals surface area contributed by atoms with Gasteiger partial charge in [-0.1, -0.05) is 49.7 Å². The zero-order chi connectivity index (χ0) is 18.9. The largest absolute Gasteiger partial charge is 0.420 e. The minimum Gasteiger partial charge on any atom is -0.408 e. The molecule has 2 aromatic carbocycles. The van der Waals surface area contributed by atoms with Gasteiger partial charge in [-0.3, -0.25) is 9.36 Å². The number of amides is 1. The van der Waals surface area contributed by atoms with Gasteiger partial charge in [0.2, 0.25) is 5.91 Å². The first-order valence-corrected chi connectivity index (χ1v) is 8.81. The molecule has 5 nitrogen and oxygen atoms in total. The Morgan fingerprint density at radius 1 is 1.23 bits per heavy atom. The monoisotopic (exact) mass is 372 g/mol. The molecule has 3 aromatic rings. The number of nitrogens with zero attached hydrogens (tertiary/aromatic N) is 1. The van der Waals surface area contributed by atoms with Crippen LogP contribution < -0.4 is 11.1 Å². The quantitative estimate of drug-likeness (QED) is 0.738. The number of benzene rings is 2. The average molecular weight is 373 g/mol. The van der Waals surface area contributed by atoms with Crippen LogP contribution in [0.3, 0.4) is 0 Å². The SMILES string of the molecule is CC(C(=O)NCC(C)(C)c1cccc(Cl)c1)n1c(=O)oc2ccccc21. The number of nitrogens with one attached hydrogen (secondary N) is 1. The Morgan fingerprint density at radius 2 is 1.96 bits per heavy atom. The van der Waals surface area contributed by atoms with Gasteiger partial charge in [-0.05, 0) is 36.8 Å². The molecule has 6 heteroatoms. The number of fused-ring (bicyclic) bond motifs is 1. The molecule has 0 aliphatic heterocycles. The Morgan fingerprint density at radius 3 is 2.69 bits per heavy atom. The fraction of sp³-hybridized carbons (Fsp3) is 0.300. The maximum absolute atomic E-state index is 12.6. The fourth-order valence-electron chi connectivity index (χ4n) is 2.94. The first-order valence-electron chi connectivity index (χ1n) is 8.43. The number of para-hydroxylation sites is 2. The number of carbonyl (C=O) groups excluding carboxylic acids is 1. The molecule has 1 unspecified atom stereocenters. The van der Waals surface area contributed by atoms with E-state index in [0.29, 0.717) is 22.7 Å². The fourth-order valence-corrected chi connectivity index (χ4v) is 3.13. The lowest BCUT2D eigenvalue weighted by molar-refractivity contribution is -0.124. The van der Waals surface area contributed by atoms with E-state index >= 15 is 0 Å². The van der Waals surface area contributed by atoms with E-state index in [-0.39, 0.29) is 11.3 Å². The molecule has 1 aromatic heterocycles. The summed E-state index contributed by atoms with van der Waals surface area (Å²) in [5.41, 5.74) is 1.80. The van der Waals surface area contributed by atoms with Crippen molar-refractivity contribution >= 4 is 28.6 Å². The number of hydrogen-bond donors (Lipinski definition) is 1. The molecular weight excluding hydrogens is 352 g/mol. The lowest BCUT2D eigenvalue weighted by atomic mass is 9.84. The molecule has 26 heavy (non-hydrogen) atoms. The van der Waals surface area contributed by atoms with Crippen LogP contribution in [0.15, 0.2) is 57.7 Å². The van der Waals surface area contributed by atoms with Gasteiger partial charge < -0.3 is 9.73 Å². The molecule has 1 amide bonds. The highest BCUT2D eigenvalue weighted by molar-refractivity contribution is 6.30. The number of hydrogen-bond acceptors (Lipinski definition) is 3. The van der Waals surface area contributed by atoms with Gasteiger partial charge >= 0.3 is 5.76 Å². The van der Waals surface area contributed by atoms with Gasteiger partial charge in [0.1, 0.15) is 6.04 Å². The van der Waals surface area contributed by atoms with Gasteiger partial charge in [-0.25, -0.2) is 4.79 Å². The first-order chi connectivity index (χ1) is 12.3. The van der Waals surface area contributed by atoms with Crippen LogP contribution in [-0.2, 0) is 10.2 Å². The Labute approximate surface area is 156 Å². The van der Waals surface area contributed by atoms with Crippen LogP contribution in [0.25, 0.3) is 11.1 Å². The molecular formula is C20H21ClN2O3. The van der Waals surface area contributed by atoms with E-state index in [1.807, 2.05) is 38.1 Å². The summed E-state index contributed by atoms with van der Waals surface area (Å²) in [6.45, 7) is 6.16. The highest BCUT2D eigenvalue weighted by atomic mass is 35.5. The lowest BCUT2D eigenvalue weighted by Gasteiger charge is -2.26. The van der Waals surface area contributed by atoms with E-state index in [2.05, 4.69) is 5.32 Å². The summed E-state index contributed by atoms with van der Waals surface area (Å²) in [4.78, 5) is 24.8. The normalized spacial score (nSPS) is 12.9. The maximum atomic E-state index is 12.6. The molecule has 0 aliphatic rings. The summed E-state index contributed by atoms with van der Waals surface area (Å²) < 4.78 is 6.58. The molecule has 0 radical (unpaired) electrons. The number of halogens is 1. The predicted molar refractivity (Wildman–Crippen MR) is 103 cm³/mol. The van der Waals surface area contributed by atoms with Crippen LogP contribution in [0.1, 0.15) is 32.4 Å². The van der Waals surface area contributed by atoms with Crippen molar-refractivity contribution in [1.82, 2.24) is 9.88 Å². The summed E-state index contributed by atoms with van der Waals surface area (Å²) in [6.07, 6.45) is 0. The van der Waals surface area contributed by atoms with Crippen molar-refractivity contribution in [2.45, 2.75) is 32.2 Å². The van der Waals surface area contributed by atoms with Crippen LogP contribution in [0, 0.1) is 0 Å². The van der Waals surface area contributed by atoms with E-state index in [9.17, 15) is 9.59 Å². The van der Waals surface area contributed by atoms with Gasteiger partial charge in [-0.2, -0.15) is 0 Å². The van der Waals surface area contributed by atoms with E-state index < -0.39 is 11.8 Å². The molecule has 0 spiro atoms. The van der Waals surface area contributed by atoms with Gasteiger partial charge in [0.05, 0.1) is 5.52 Å². The van der Waals surface area contributed by atoms with Crippen molar-refractivity contribution in [3.05, 3.63) is 69.7 Å². The van der Waals surface area contributed by atoms with Gasteiger partial charge in [0.25, 0.3) is 0 Å². The number of rotatable bonds is 5. The molecule has 0 fully saturated rings. The minimum atomic E-state index is -0.679. The second-order valence-electron chi connectivity index (χ2n) is 6.99. The zero-order valence-corrected chi connectivity index (χ0v) is 15.7. The predicted octanol–water partition coefficient (Wildman–Crippen LogP) is 3.90. The van der Waals surface area contributed by atoms with Crippen LogP contribution in [0.5, 0.6) is 0 Å². The standard InChI is InChI=1S/C20H21ClN2O3/c1-13(23-16-9-4-5-10-17(16)26-19(23)25)18(24)22-12-20(2,3)14-7-6-8-15(21)11-14/h4-11,13H,12H2,1-3H3,(H,22,24). The second kappa shape index (κ2) is 7.00. The summed E-state index contributed by atoms with van der Waals surface area (Å²) in [7, 11) is 0. The topological polar surface area (TPSA) is 64.2 Å². The number of aromatic nitrogens is 1. The Hall–Kier alpha value is -2.53. The van der Waals surface area contributed by atoms with Crippen molar-refractivity contribution < 1.29 is 9.21 Å². The summed E-state index contributed by atoms with van der Waals surface area (Å²) in [6, 6.07) is 14.0. The third-order valence-corrected chi connectivity index (χ3v) is 4.83. The average Bonchev–Trinajstić information content (AvgIpc) is 2.94. The first kappa shape index (κ1) is 18.3. The second-order valence-corrected chi connectivity index (χ2v) is 7.43. The number of oxazole rings is 1. The molecule has 136 valence electrons. The minimum absolute atomic E-state index is 0.242. The van der Waals surface area contributed by atoms with Gasteiger partial charge in [-0.15, -0.1) is 0 Å². The lowest BCUT2D eigenvalue weighted by Crippen LogP contribution is -2.41. The third kappa shape index (κ3) is 3.53. The molecule has 0 saturated heterocycles. The molecule has 0 aliphatic carbocycles. The Bertz CT molecular complexity index is 1000. The smallest absolute Gasteiger partial charge is 0.408 e. The van der Waals surface area contributed by atoms with E-state index in [4.69, 9.17) is 16.0 Å². The molecule has 3 rings (SSSR count). The van der Waals surface area contributed by atoms with Gasteiger partial charge in [0, 0.05) is 17.0 Å². The molecule has 1 atom stereocenters. The molecule has 1 heterocycles. The zero-order valence-electron chi connectivity index (χ0n) is 15.0. The Kier molecular flexibility index (Phi) is 4.92. The summed E-state index contributed by atoms with van der Waals surface area (Å²) in [5.74, 6) is -0.781. The van der Waals surface area contributed by atoms with Crippen molar-refractivity contribution in [3.8, 4) is 0 Å². The van der Waals surface area contributed by atoms with Crippen molar-refractivity contribution in [2.24, 2.45) is 0 Å². The van der Waals surface area contributed by atoms with E-state index in [1.165, 1.54) is 4.57 Å². The highest BCUT2D eigenvalue weighted by Gasteiger charge is 2.25. The molecule has 0 bridgehead atoms. The van der Waals surface area contributed by atoms with Crippen LogP contribution in [0.2, 0.25) is 5.02 Å². The maximum Gasteiger partial charge on any atom is 0.420 e.